The molecule has 1 heterocycles. The standard InChI is InChI=1S/C23H31FN2O2/c1-5-18-8-7-13-26(4)22(18)14-17(3)16-25-20-11-9-19(21(24)15-20)10-12-23(27)28-6-2/h5,9,11,14-15,25H,3,6-8,10,12-13,16H2,1-2,4H3/b18-5-,22-14+. The number of halogens is 1. The second-order valence-electron chi connectivity index (χ2n) is 6.99. The van der Waals surface area contributed by atoms with E-state index in [1.165, 1.54) is 23.8 Å². The highest BCUT2D eigenvalue weighted by atomic mass is 19.1. The van der Waals surface area contributed by atoms with Crippen LogP contribution in [0.3, 0.4) is 0 Å². The Labute approximate surface area is 167 Å². The molecule has 1 fully saturated rings. The molecule has 1 aromatic rings. The summed E-state index contributed by atoms with van der Waals surface area (Å²) < 4.78 is 19.2. The van der Waals surface area contributed by atoms with E-state index in [0.29, 0.717) is 30.8 Å². The minimum atomic E-state index is -0.318. The van der Waals surface area contributed by atoms with E-state index in [-0.39, 0.29) is 18.2 Å². The fraction of sp³-hybridized carbons (Fsp3) is 0.435. The van der Waals surface area contributed by atoms with Crippen LogP contribution in [-0.4, -0.2) is 37.6 Å². The topological polar surface area (TPSA) is 41.6 Å². The molecule has 0 aliphatic carbocycles. The van der Waals surface area contributed by atoms with Crippen molar-refractivity contribution in [3.05, 3.63) is 65.2 Å². The summed E-state index contributed by atoms with van der Waals surface area (Å²) in [6, 6.07) is 5.00. The van der Waals surface area contributed by atoms with E-state index in [9.17, 15) is 9.18 Å². The number of hydrogen-bond donors (Lipinski definition) is 1. The van der Waals surface area contributed by atoms with Gasteiger partial charge in [0.25, 0.3) is 0 Å². The Kier molecular flexibility index (Phi) is 8.30. The first-order chi connectivity index (χ1) is 13.4. The number of anilines is 1. The molecule has 4 nitrogen and oxygen atoms in total. The highest BCUT2D eigenvalue weighted by molar-refractivity contribution is 5.69. The predicted molar refractivity (Wildman–Crippen MR) is 113 cm³/mol. The van der Waals surface area contributed by atoms with Crippen molar-refractivity contribution in [1.29, 1.82) is 0 Å². The van der Waals surface area contributed by atoms with Gasteiger partial charge in [0.15, 0.2) is 0 Å². The van der Waals surface area contributed by atoms with Crippen molar-refractivity contribution in [3.8, 4) is 0 Å². The molecule has 0 atom stereocenters. The third kappa shape index (κ3) is 6.25. The summed E-state index contributed by atoms with van der Waals surface area (Å²) in [5, 5.41) is 3.22. The van der Waals surface area contributed by atoms with Gasteiger partial charge in [-0.1, -0.05) is 18.7 Å². The molecule has 0 bridgehead atoms. The largest absolute Gasteiger partial charge is 0.466 e. The monoisotopic (exact) mass is 386 g/mol. The Morgan fingerprint density at radius 1 is 1.43 bits per heavy atom. The van der Waals surface area contributed by atoms with Gasteiger partial charge in [0.2, 0.25) is 0 Å². The highest BCUT2D eigenvalue weighted by Crippen LogP contribution is 2.26. The number of aryl methyl sites for hydroxylation is 1. The number of esters is 1. The Morgan fingerprint density at radius 2 is 2.21 bits per heavy atom. The second-order valence-corrected chi connectivity index (χ2v) is 6.99. The van der Waals surface area contributed by atoms with Gasteiger partial charge in [0, 0.05) is 37.9 Å². The van der Waals surface area contributed by atoms with Crippen LogP contribution in [0.25, 0.3) is 0 Å². The molecule has 1 aliphatic heterocycles. The molecule has 1 N–H and O–H groups in total. The van der Waals surface area contributed by atoms with Crippen LogP contribution in [0, 0.1) is 5.82 Å². The number of hydrogen-bond acceptors (Lipinski definition) is 4. The number of allylic oxidation sites excluding steroid dienone is 2. The first-order valence-electron chi connectivity index (χ1n) is 9.88. The number of carbonyl (C=O) groups excluding carboxylic acids is 1. The number of rotatable bonds is 8. The Bertz CT molecular complexity index is 768. The number of nitrogens with zero attached hydrogens (tertiary/aromatic N) is 1. The smallest absolute Gasteiger partial charge is 0.306 e. The number of likely N-dealkylation sites (tertiary alicyclic amines) is 1. The third-order valence-electron chi connectivity index (χ3n) is 4.85. The minimum absolute atomic E-state index is 0.183. The summed E-state index contributed by atoms with van der Waals surface area (Å²) in [7, 11) is 2.10. The van der Waals surface area contributed by atoms with Crippen LogP contribution in [0.4, 0.5) is 10.1 Å². The molecule has 0 amide bonds. The lowest BCUT2D eigenvalue weighted by Gasteiger charge is -2.30. The van der Waals surface area contributed by atoms with Gasteiger partial charge in [-0.15, -0.1) is 0 Å². The summed E-state index contributed by atoms with van der Waals surface area (Å²) in [5.74, 6) is -0.622. The zero-order valence-electron chi connectivity index (χ0n) is 17.2. The van der Waals surface area contributed by atoms with Gasteiger partial charge in [-0.25, -0.2) is 4.39 Å². The fourth-order valence-corrected chi connectivity index (χ4v) is 3.29. The number of ether oxygens (including phenoxy) is 1. The summed E-state index contributed by atoms with van der Waals surface area (Å²) >= 11 is 0. The first-order valence-corrected chi connectivity index (χ1v) is 9.88. The zero-order valence-corrected chi connectivity index (χ0v) is 17.2. The second kappa shape index (κ2) is 10.7. The van der Waals surface area contributed by atoms with Gasteiger partial charge in [0.1, 0.15) is 5.82 Å². The van der Waals surface area contributed by atoms with Gasteiger partial charge in [-0.05, 0) is 68.0 Å². The Morgan fingerprint density at radius 3 is 2.89 bits per heavy atom. The molecule has 1 aliphatic rings. The molecule has 0 saturated carbocycles. The van der Waals surface area contributed by atoms with E-state index < -0.39 is 0 Å². The molecule has 1 aromatic carbocycles. The number of piperidine rings is 1. The molecular weight excluding hydrogens is 355 g/mol. The van der Waals surface area contributed by atoms with Crippen LogP contribution in [0.1, 0.15) is 38.7 Å². The average molecular weight is 387 g/mol. The zero-order chi connectivity index (χ0) is 20.5. The Hall–Kier alpha value is -2.56. The molecule has 152 valence electrons. The van der Waals surface area contributed by atoms with Crippen LogP contribution >= 0.6 is 0 Å². The maximum Gasteiger partial charge on any atom is 0.306 e. The molecule has 0 spiro atoms. The lowest BCUT2D eigenvalue weighted by molar-refractivity contribution is -0.143. The van der Waals surface area contributed by atoms with Crippen LogP contribution in [0.5, 0.6) is 0 Å². The molecule has 0 radical (unpaired) electrons. The summed E-state index contributed by atoms with van der Waals surface area (Å²) in [5.41, 5.74) is 4.70. The number of likely N-dealkylation sites (N-methyl/N-ethyl adjacent to an activating group) is 1. The molecule has 1 saturated heterocycles. The molecule has 0 unspecified atom stereocenters. The number of benzene rings is 1. The van der Waals surface area contributed by atoms with Crippen molar-refractivity contribution >= 4 is 11.7 Å². The third-order valence-corrected chi connectivity index (χ3v) is 4.85. The van der Waals surface area contributed by atoms with Gasteiger partial charge in [-0.2, -0.15) is 0 Å². The molecular formula is C23H31FN2O2. The van der Waals surface area contributed by atoms with Crippen LogP contribution in [0.15, 0.2) is 53.8 Å². The van der Waals surface area contributed by atoms with E-state index in [4.69, 9.17) is 4.74 Å². The highest BCUT2D eigenvalue weighted by Gasteiger charge is 2.15. The molecule has 0 aromatic heterocycles. The molecule has 2 rings (SSSR count). The van der Waals surface area contributed by atoms with Crippen molar-refractivity contribution in [1.82, 2.24) is 4.90 Å². The van der Waals surface area contributed by atoms with E-state index in [1.54, 1.807) is 13.0 Å². The fourth-order valence-electron chi connectivity index (χ4n) is 3.29. The van der Waals surface area contributed by atoms with E-state index in [0.717, 1.165) is 18.5 Å². The predicted octanol–water partition coefficient (Wildman–Crippen LogP) is 4.85. The lowest BCUT2D eigenvalue weighted by atomic mass is 9.99. The maximum absolute atomic E-state index is 14.3. The van der Waals surface area contributed by atoms with E-state index in [2.05, 4.69) is 42.9 Å². The lowest BCUT2D eigenvalue weighted by Crippen LogP contribution is -2.25. The van der Waals surface area contributed by atoms with E-state index in [1.807, 2.05) is 6.07 Å². The first kappa shape index (κ1) is 21.7. The average Bonchev–Trinajstić information content (AvgIpc) is 2.67. The van der Waals surface area contributed by atoms with E-state index >= 15 is 0 Å². The van der Waals surface area contributed by atoms with Crippen LogP contribution < -0.4 is 5.32 Å². The normalized spacial score (nSPS) is 17.1. The summed E-state index contributed by atoms with van der Waals surface area (Å²) in [4.78, 5) is 13.7. The minimum Gasteiger partial charge on any atom is -0.466 e. The maximum atomic E-state index is 14.3. The molecule has 5 heteroatoms. The summed E-state index contributed by atoms with van der Waals surface area (Å²) in [6.45, 7) is 9.88. The Balaban J connectivity index is 1.93. The number of carbonyl (C=O) groups is 1. The van der Waals surface area contributed by atoms with Gasteiger partial charge >= 0.3 is 5.97 Å². The molecule has 28 heavy (non-hydrogen) atoms. The van der Waals surface area contributed by atoms with Crippen molar-refractivity contribution in [2.45, 2.75) is 39.5 Å². The summed E-state index contributed by atoms with van der Waals surface area (Å²) in [6.07, 6.45) is 7.04. The van der Waals surface area contributed by atoms with Gasteiger partial charge in [-0.3, -0.25) is 4.79 Å². The van der Waals surface area contributed by atoms with Crippen molar-refractivity contribution < 1.29 is 13.9 Å². The quantitative estimate of drug-likeness (QED) is 0.649. The SMILES string of the molecule is C=C(/C=C1\C(=C/C)CCCN1C)CNc1ccc(CCC(=O)OCC)c(F)c1. The van der Waals surface area contributed by atoms with Crippen molar-refractivity contribution in [3.63, 3.8) is 0 Å². The van der Waals surface area contributed by atoms with Crippen molar-refractivity contribution in [2.75, 3.05) is 32.1 Å². The number of nitrogens with one attached hydrogen (secondary N) is 1. The van der Waals surface area contributed by atoms with Gasteiger partial charge < -0.3 is 15.0 Å². The van der Waals surface area contributed by atoms with Crippen LogP contribution in [0.2, 0.25) is 0 Å². The van der Waals surface area contributed by atoms with Crippen molar-refractivity contribution in [2.24, 2.45) is 0 Å². The van der Waals surface area contributed by atoms with Crippen LogP contribution in [-0.2, 0) is 16.0 Å². The van der Waals surface area contributed by atoms with Gasteiger partial charge in [0.05, 0.1) is 6.61 Å².